The number of nitrogens with zero attached hydrogens (tertiary/aromatic N) is 2. The van der Waals surface area contributed by atoms with E-state index >= 15 is 0 Å². The molecule has 2 aromatic carbocycles. The second kappa shape index (κ2) is 6.60. The van der Waals surface area contributed by atoms with Crippen LogP contribution in [-0.2, 0) is 6.61 Å². The van der Waals surface area contributed by atoms with Gasteiger partial charge in [0.05, 0.1) is 22.1 Å². The van der Waals surface area contributed by atoms with Crippen molar-refractivity contribution in [1.82, 2.24) is 5.16 Å². The fourth-order valence-electron chi connectivity index (χ4n) is 2.33. The van der Waals surface area contributed by atoms with Gasteiger partial charge >= 0.3 is 0 Å². The highest BCUT2D eigenvalue weighted by Crippen LogP contribution is 2.37. The Bertz CT molecular complexity index is 924. The van der Waals surface area contributed by atoms with Crippen molar-refractivity contribution in [3.05, 3.63) is 68.2 Å². The van der Waals surface area contributed by atoms with Gasteiger partial charge < -0.3 is 9.63 Å². The highest BCUT2D eigenvalue weighted by molar-refractivity contribution is 6.35. The zero-order chi connectivity index (χ0) is 17.3. The standard InChI is InChI=1S/C16H10Cl2N2O4/c17-10-4-5-14(18)12(7-10)16-13(8-21)15(19-24-16)9-2-1-3-11(6-9)20(22)23/h1-7,21H,8H2. The molecule has 6 nitrogen and oxygen atoms in total. The summed E-state index contributed by atoms with van der Waals surface area (Å²) in [6, 6.07) is 10.8. The molecule has 0 bridgehead atoms. The van der Waals surface area contributed by atoms with Gasteiger partial charge in [0.25, 0.3) is 5.69 Å². The molecule has 3 rings (SSSR count). The van der Waals surface area contributed by atoms with Crippen LogP contribution in [0.1, 0.15) is 5.56 Å². The Balaban J connectivity index is 2.16. The van der Waals surface area contributed by atoms with E-state index in [9.17, 15) is 15.2 Å². The van der Waals surface area contributed by atoms with Crippen LogP contribution in [0.3, 0.4) is 0 Å². The second-order valence-electron chi connectivity index (χ2n) is 4.93. The lowest BCUT2D eigenvalue weighted by Crippen LogP contribution is -1.92. The van der Waals surface area contributed by atoms with Crippen LogP contribution < -0.4 is 0 Å². The molecule has 3 aromatic rings. The number of nitro groups is 1. The van der Waals surface area contributed by atoms with E-state index in [2.05, 4.69) is 5.16 Å². The summed E-state index contributed by atoms with van der Waals surface area (Å²) in [5, 5.41) is 25.4. The summed E-state index contributed by atoms with van der Waals surface area (Å²) in [6.45, 7) is -0.375. The first-order valence-corrected chi connectivity index (χ1v) is 7.56. The van der Waals surface area contributed by atoms with Crippen LogP contribution in [0.4, 0.5) is 5.69 Å². The van der Waals surface area contributed by atoms with Gasteiger partial charge in [-0.3, -0.25) is 10.1 Å². The summed E-state index contributed by atoms with van der Waals surface area (Å²) in [5.74, 6) is 0.270. The Hall–Kier alpha value is -2.41. The number of nitro benzene ring substituents is 1. The first-order chi connectivity index (χ1) is 11.5. The molecule has 1 heterocycles. The molecule has 0 fully saturated rings. The maximum absolute atomic E-state index is 10.9. The van der Waals surface area contributed by atoms with Gasteiger partial charge in [-0.25, -0.2) is 0 Å². The summed E-state index contributed by atoms with van der Waals surface area (Å²) >= 11 is 12.1. The van der Waals surface area contributed by atoms with Crippen LogP contribution in [0.2, 0.25) is 10.0 Å². The molecule has 8 heteroatoms. The molecule has 0 aliphatic heterocycles. The summed E-state index contributed by atoms with van der Waals surface area (Å²) in [7, 11) is 0. The molecular formula is C16H10Cl2N2O4. The molecule has 0 spiro atoms. The predicted octanol–water partition coefficient (Wildman–Crippen LogP) is 4.72. The van der Waals surface area contributed by atoms with E-state index in [-0.39, 0.29) is 18.1 Å². The Labute approximate surface area is 146 Å². The predicted molar refractivity (Wildman–Crippen MR) is 90.0 cm³/mol. The smallest absolute Gasteiger partial charge is 0.270 e. The molecule has 0 aliphatic carbocycles. The van der Waals surface area contributed by atoms with E-state index in [1.54, 1.807) is 24.3 Å². The minimum atomic E-state index is -0.503. The Morgan fingerprint density at radius 1 is 1.21 bits per heavy atom. The van der Waals surface area contributed by atoms with Crippen molar-refractivity contribution >= 4 is 28.9 Å². The summed E-state index contributed by atoms with van der Waals surface area (Å²) in [4.78, 5) is 10.4. The van der Waals surface area contributed by atoms with E-state index in [1.165, 1.54) is 18.2 Å². The van der Waals surface area contributed by atoms with Gasteiger partial charge in [-0.15, -0.1) is 0 Å². The van der Waals surface area contributed by atoms with E-state index in [0.717, 1.165) is 0 Å². The zero-order valence-corrected chi connectivity index (χ0v) is 13.6. The van der Waals surface area contributed by atoms with Gasteiger partial charge in [0.2, 0.25) is 0 Å². The highest BCUT2D eigenvalue weighted by atomic mass is 35.5. The van der Waals surface area contributed by atoms with Crippen LogP contribution in [-0.4, -0.2) is 15.2 Å². The third-order valence-corrected chi connectivity index (χ3v) is 4.01. The Morgan fingerprint density at radius 3 is 2.71 bits per heavy atom. The van der Waals surface area contributed by atoms with Crippen LogP contribution >= 0.6 is 23.2 Å². The average Bonchev–Trinajstić information content (AvgIpc) is 3.00. The van der Waals surface area contributed by atoms with Crippen LogP contribution in [0, 0.1) is 10.1 Å². The first-order valence-electron chi connectivity index (χ1n) is 6.81. The van der Waals surface area contributed by atoms with Crippen LogP contribution in [0.15, 0.2) is 47.0 Å². The molecule has 0 saturated heterocycles. The topological polar surface area (TPSA) is 89.4 Å². The Kier molecular flexibility index (Phi) is 4.53. The van der Waals surface area contributed by atoms with Gasteiger partial charge in [0.15, 0.2) is 5.76 Å². The molecule has 1 N–H and O–H groups in total. The van der Waals surface area contributed by atoms with Crippen molar-refractivity contribution < 1.29 is 14.6 Å². The monoisotopic (exact) mass is 364 g/mol. The minimum Gasteiger partial charge on any atom is -0.391 e. The largest absolute Gasteiger partial charge is 0.391 e. The molecule has 0 unspecified atom stereocenters. The van der Waals surface area contributed by atoms with E-state index in [1.807, 2.05) is 0 Å². The van der Waals surface area contributed by atoms with E-state index in [0.29, 0.717) is 32.4 Å². The van der Waals surface area contributed by atoms with E-state index < -0.39 is 4.92 Å². The van der Waals surface area contributed by atoms with E-state index in [4.69, 9.17) is 27.7 Å². The van der Waals surface area contributed by atoms with Gasteiger partial charge in [0.1, 0.15) is 5.69 Å². The fraction of sp³-hybridized carbons (Fsp3) is 0.0625. The zero-order valence-electron chi connectivity index (χ0n) is 12.1. The molecule has 1 aromatic heterocycles. The SMILES string of the molecule is O=[N+]([O-])c1cccc(-c2noc(-c3cc(Cl)ccc3Cl)c2CO)c1. The summed E-state index contributed by atoms with van der Waals surface area (Å²) in [6.07, 6.45) is 0. The fourth-order valence-corrected chi connectivity index (χ4v) is 2.71. The average molecular weight is 365 g/mol. The molecule has 0 atom stereocenters. The van der Waals surface area contributed by atoms with Crippen molar-refractivity contribution in [1.29, 1.82) is 0 Å². The number of aliphatic hydroxyl groups is 1. The minimum absolute atomic E-state index is 0.0817. The number of benzene rings is 2. The first kappa shape index (κ1) is 16.4. The normalized spacial score (nSPS) is 10.8. The molecule has 122 valence electrons. The lowest BCUT2D eigenvalue weighted by Gasteiger charge is -2.04. The highest BCUT2D eigenvalue weighted by Gasteiger charge is 2.21. The third kappa shape index (κ3) is 2.99. The number of aromatic nitrogens is 1. The lowest BCUT2D eigenvalue weighted by atomic mass is 10.0. The number of non-ortho nitro benzene ring substituents is 1. The van der Waals surface area contributed by atoms with Crippen LogP contribution in [0.25, 0.3) is 22.6 Å². The van der Waals surface area contributed by atoms with Gasteiger partial charge in [-0.1, -0.05) is 40.5 Å². The second-order valence-corrected chi connectivity index (χ2v) is 5.77. The number of hydrogen-bond donors (Lipinski definition) is 1. The molecule has 0 saturated carbocycles. The molecule has 0 amide bonds. The number of aliphatic hydroxyl groups excluding tert-OH is 1. The number of rotatable bonds is 4. The number of hydrogen-bond acceptors (Lipinski definition) is 5. The molecular weight excluding hydrogens is 355 g/mol. The van der Waals surface area contributed by atoms with Gasteiger partial charge in [0, 0.05) is 28.3 Å². The van der Waals surface area contributed by atoms with Gasteiger partial charge in [-0.2, -0.15) is 0 Å². The van der Waals surface area contributed by atoms with Crippen LogP contribution in [0.5, 0.6) is 0 Å². The number of halogens is 2. The maximum Gasteiger partial charge on any atom is 0.270 e. The summed E-state index contributed by atoms with van der Waals surface area (Å²) in [5.41, 5.74) is 1.55. The van der Waals surface area contributed by atoms with Crippen molar-refractivity contribution in [3.8, 4) is 22.6 Å². The molecule has 0 aliphatic rings. The molecule has 24 heavy (non-hydrogen) atoms. The quantitative estimate of drug-likeness (QED) is 0.534. The lowest BCUT2D eigenvalue weighted by molar-refractivity contribution is -0.384. The third-order valence-electron chi connectivity index (χ3n) is 3.45. The van der Waals surface area contributed by atoms with Gasteiger partial charge in [-0.05, 0) is 18.2 Å². The summed E-state index contributed by atoms with van der Waals surface area (Å²) < 4.78 is 5.34. The maximum atomic E-state index is 10.9. The van der Waals surface area contributed by atoms with Crippen molar-refractivity contribution in [2.45, 2.75) is 6.61 Å². The van der Waals surface area contributed by atoms with Crippen molar-refractivity contribution in [2.75, 3.05) is 0 Å². The van der Waals surface area contributed by atoms with Crippen molar-refractivity contribution in [2.24, 2.45) is 0 Å². The van der Waals surface area contributed by atoms with Crippen molar-refractivity contribution in [3.63, 3.8) is 0 Å². The molecule has 0 radical (unpaired) electrons. The Morgan fingerprint density at radius 2 is 2.00 bits per heavy atom.